The Morgan fingerprint density at radius 2 is 1.78 bits per heavy atom. The molecule has 3 rings (SSSR count). The average molecular weight is 551 g/mol. The van der Waals surface area contributed by atoms with E-state index in [0.717, 1.165) is 37.4 Å². The highest BCUT2D eigenvalue weighted by Crippen LogP contribution is 2.38. The average Bonchev–Trinajstić information content (AvgIpc) is 3.22. The molecule has 0 aliphatic heterocycles. The van der Waals surface area contributed by atoms with Crippen molar-refractivity contribution >= 4 is 34.5 Å². The van der Waals surface area contributed by atoms with Gasteiger partial charge >= 0.3 is 12.5 Å². The van der Waals surface area contributed by atoms with Crippen LogP contribution >= 0.6 is 11.6 Å². The molecule has 37 heavy (non-hydrogen) atoms. The molecule has 3 N–H and O–H groups in total. The van der Waals surface area contributed by atoms with Gasteiger partial charge in [0.15, 0.2) is 11.5 Å². The smallest absolute Gasteiger partial charge is 0.406 e. The number of hydrogen-bond donors (Lipinski definition) is 2. The Labute approximate surface area is 208 Å². The number of aliphatic imine (C=N–C) groups is 1. The first-order valence-corrected chi connectivity index (χ1v) is 10.2. The van der Waals surface area contributed by atoms with Crippen LogP contribution in [0.3, 0.4) is 0 Å². The third-order valence-electron chi connectivity index (χ3n) is 4.59. The highest BCUT2D eigenvalue weighted by molar-refractivity contribution is 6.34. The van der Waals surface area contributed by atoms with E-state index < -0.39 is 69.6 Å². The van der Waals surface area contributed by atoms with Crippen LogP contribution in [0.25, 0.3) is 16.8 Å². The Balaban J connectivity index is 2.18. The van der Waals surface area contributed by atoms with E-state index in [1.807, 2.05) is 0 Å². The van der Waals surface area contributed by atoms with Gasteiger partial charge in [-0.2, -0.15) is 13.2 Å². The predicted molar refractivity (Wildman–Crippen MR) is 119 cm³/mol. The Bertz CT molecular complexity index is 1340. The fraction of sp³-hybridized carbons (Fsp3) is 0.136. The quantitative estimate of drug-likeness (QED) is 0.288. The molecule has 1 aromatic heterocycles. The van der Waals surface area contributed by atoms with Gasteiger partial charge < -0.3 is 20.3 Å². The summed E-state index contributed by atoms with van der Waals surface area (Å²) in [5.74, 6) is -3.47. The summed E-state index contributed by atoms with van der Waals surface area (Å²) in [5.41, 5.74) is 0.811. The van der Waals surface area contributed by atoms with Gasteiger partial charge in [-0.3, -0.25) is 4.79 Å². The Morgan fingerprint density at radius 1 is 1.14 bits per heavy atom. The molecule has 196 valence electrons. The van der Waals surface area contributed by atoms with Crippen LogP contribution in [0.2, 0.25) is 5.02 Å². The molecule has 0 saturated carbocycles. The number of rotatable bonds is 6. The van der Waals surface area contributed by atoms with Gasteiger partial charge in [0, 0.05) is 13.2 Å². The summed E-state index contributed by atoms with van der Waals surface area (Å²) in [6.45, 7) is 0. The van der Waals surface area contributed by atoms with Crippen LogP contribution in [-0.2, 0) is 0 Å². The second-order valence-electron chi connectivity index (χ2n) is 6.99. The Kier molecular flexibility index (Phi) is 7.81. The van der Waals surface area contributed by atoms with Crippen molar-refractivity contribution < 1.29 is 44.8 Å². The van der Waals surface area contributed by atoms with Crippen molar-refractivity contribution in [3.63, 3.8) is 0 Å². The molecule has 0 unspecified atom stereocenters. The normalized spacial score (nSPS) is 13.0. The van der Waals surface area contributed by atoms with Crippen molar-refractivity contribution in [2.75, 3.05) is 7.05 Å². The van der Waals surface area contributed by atoms with Crippen molar-refractivity contribution in [3.8, 4) is 17.0 Å². The molecule has 0 radical (unpaired) electrons. The van der Waals surface area contributed by atoms with E-state index in [1.54, 1.807) is 0 Å². The lowest BCUT2D eigenvalue weighted by Gasteiger charge is -2.14. The number of ether oxygens (including phenoxy) is 1. The maximum absolute atomic E-state index is 14.5. The summed E-state index contributed by atoms with van der Waals surface area (Å²) in [4.78, 5) is 16.1. The number of hydrogen-bond acceptors (Lipinski definition) is 6. The van der Waals surface area contributed by atoms with Crippen LogP contribution < -0.4 is 15.8 Å². The number of benzene rings is 2. The topological polar surface area (TPSA) is 103 Å². The predicted octanol–water partition coefficient (Wildman–Crippen LogP) is 6.03. The van der Waals surface area contributed by atoms with E-state index in [9.17, 15) is 35.5 Å². The molecule has 0 spiro atoms. The molecule has 0 saturated heterocycles. The van der Waals surface area contributed by atoms with Crippen LogP contribution in [0.15, 0.2) is 58.2 Å². The summed E-state index contributed by atoms with van der Waals surface area (Å²) >= 11 is 6.02. The van der Waals surface area contributed by atoms with E-state index in [4.69, 9.17) is 21.9 Å². The third-order valence-corrected chi connectivity index (χ3v) is 4.91. The van der Waals surface area contributed by atoms with Crippen molar-refractivity contribution in [2.24, 2.45) is 10.7 Å². The number of nitrogens with zero attached hydrogens (tertiary/aromatic N) is 2. The van der Waals surface area contributed by atoms with Gasteiger partial charge in [0.2, 0.25) is 0 Å². The fourth-order valence-corrected chi connectivity index (χ4v) is 3.35. The lowest BCUT2D eigenvalue weighted by atomic mass is 9.99. The van der Waals surface area contributed by atoms with Crippen LogP contribution in [-0.4, -0.2) is 36.4 Å². The van der Waals surface area contributed by atoms with E-state index >= 15 is 0 Å². The van der Waals surface area contributed by atoms with Crippen molar-refractivity contribution in [3.05, 3.63) is 70.8 Å². The molecular weight excluding hydrogens is 537 g/mol. The van der Waals surface area contributed by atoms with Gasteiger partial charge in [0.05, 0.1) is 21.8 Å². The first kappa shape index (κ1) is 27.5. The number of carbonyl (C=O) groups is 1. The SMILES string of the molecule is CNC(=O)c1c(-c2c(F)cccc2Cl)noc1C(=CN)C(=Nc1ccc(OC(F)(F)F)cc1)C(F)(F)F. The van der Waals surface area contributed by atoms with Crippen LogP contribution in [0, 0.1) is 5.82 Å². The van der Waals surface area contributed by atoms with Gasteiger partial charge in [-0.25, -0.2) is 9.38 Å². The zero-order valence-corrected chi connectivity index (χ0v) is 19.1. The molecule has 2 aromatic carbocycles. The minimum Gasteiger partial charge on any atom is -0.406 e. The van der Waals surface area contributed by atoms with Crippen molar-refractivity contribution in [1.82, 2.24) is 10.5 Å². The van der Waals surface area contributed by atoms with Crippen molar-refractivity contribution in [2.45, 2.75) is 12.5 Å². The molecular formula is C22H14ClF7N4O3. The molecule has 0 bridgehead atoms. The summed E-state index contributed by atoms with van der Waals surface area (Å²) in [7, 11) is 1.15. The van der Waals surface area contributed by atoms with E-state index in [2.05, 4.69) is 20.2 Å². The summed E-state index contributed by atoms with van der Waals surface area (Å²) in [6, 6.07) is 6.64. The van der Waals surface area contributed by atoms with E-state index in [0.29, 0.717) is 6.20 Å². The second kappa shape index (κ2) is 10.5. The van der Waals surface area contributed by atoms with Crippen LogP contribution in [0.4, 0.5) is 36.4 Å². The molecule has 0 atom stereocenters. The first-order valence-electron chi connectivity index (χ1n) is 9.87. The highest BCUT2D eigenvalue weighted by atomic mass is 35.5. The number of alkyl halides is 6. The number of allylic oxidation sites excluding steroid dienone is 1. The standard InChI is InChI=1S/C22H14ClF7N4O3/c1-32-20(35)16-17(15-13(23)3-2-4-14(15)24)34-37-18(16)12(9-31)19(21(25,26)27)33-10-5-7-11(8-6-10)36-22(28,29)30/h2-9H,31H2,1H3,(H,32,35). The zero-order valence-electron chi connectivity index (χ0n) is 18.3. The molecule has 7 nitrogen and oxygen atoms in total. The zero-order chi connectivity index (χ0) is 27.5. The number of nitrogens with one attached hydrogen (secondary N) is 1. The van der Waals surface area contributed by atoms with Crippen molar-refractivity contribution in [1.29, 1.82) is 0 Å². The Morgan fingerprint density at radius 3 is 2.30 bits per heavy atom. The number of amides is 1. The molecule has 0 fully saturated rings. The van der Waals surface area contributed by atoms with Gasteiger partial charge in [-0.1, -0.05) is 22.8 Å². The monoisotopic (exact) mass is 550 g/mol. The first-order chi connectivity index (χ1) is 17.3. The fourth-order valence-electron chi connectivity index (χ4n) is 3.09. The van der Waals surface area contributed by atoms with Crippen LogP contribution in [0.1, 0.15) is 16.1 Å². The van der Waals surface area contributed by atoms with Gasteiger partial charge in [0.1, 0.15) is 22.8 Å². The number of halogens is 8. The summed E-state index contributed by atoms with van der Waals surface area (Å²) in [5, 5.41) is 5.54. The largest absolute Gasteiger partial charge is 0.573 e. The lowest BCUT2D eigenvalue weighted by Crippen LogP contribution is -2.26. The molecule has 15 heteroatoms. The number of aromatic nitrogens is 1. The molecule has 3 aromatic rings. The molecule has 0 aliphatic carbocycles. The van der Waals surface area contributed by atoms with Gasteiger partial charge in [0.25, 0.3) is 5.91 Å². The molecule has 0 aliphatic rings. The maximum Gasteiger partial charge on any atom is 0.573 e. The number of carbonyl (C=O) groups excluding carboxylic acids is 1. The third kappa shape index (κ3) is 6.20. The molecule has 1 heterocycles. The Hall–Kier alpha value is -4.07. The maximum atomic E-state index is 14.5. The second-order valence-corrected chi connectivity index (χ2v) is 7.40. The lowest BCUT2D eigenvalue weighted by molar-refractivity contribution is -0.274. The van der Waals surface area contributed by atoms with Gasteiger partial charge in [-0.15, -0.1) is 13.2 Å². The summed E-state index contributed by atoms with van der Waals surface area (Å²) in [6.07, 6.45) is -9.79. The van der Waals surface area contributed by atoms with E-state index in [1.165, 1.54) is 12.1 Å². The minimum absolute atomic E-state index is 0.214. The van der Waals surface area contributed by atoms with E-state index in [-0.39, 0.29) is 5.02 Å². The molecule has 1 amide bonds. The number of nitrogens with two attached hydrogens (primary N) is 1. The van der Waals surface area contributed by atoms with Crippen LogP contribution in [0.5, 0.6) is 5.75 Å². The summed E-state index contributed by atoms with van der Waals surface area (Å²) < 4.78 is 102. The minimum atomic E-state index is -5.21. The highest BCUT2D eigenvalue weighted by Gasteiger charge is 2.42. The van der Waals surface area contributed by atoms with Gasteiger partial charge in [-0.05, 0) is 36.4 Å².